The van der Waals surface area contributed by atoms with Crippen molar-refractivity contribution in [1.29, 1.82) is 0 Å². The minimum absolute atomic E-state index is 0.206. The van der Waals surface area contributed by atoms with Crippen molar-refractivity contribution >= 4 is 22.7 Å². The van der Waals surface area contributed by atoms with Crippen molar-refractivity contribution < 1.29 is 14.6 Å². The molecule has 0 saturated carbocycles. The van der Waals surface area contributed by atoms with Crippen LogP contribution in [0.3, 0.4) is 0 Å². The van der Waals surface area contributed by atoms with Crippen LogP contribution >= 0.6 is 0 Å². The van der Waals surface area contributed by atoms with Gasteiger partial charge in [0.05, 0.1) is 12.1 Å². The Hall–Kier alpha value is -2.14. The van der Waals surface area contributed by atoms with Gasteiger partial charge in [-0.05, 0) is 12.1 Å². The van der Waals surface area contributed by atoms with Crippen molar-refractivity contribution in [3.63, 3.8) is 0 Å². The van der Waals surface area contributed by atoms with Crippen LogP contribution in [0.25, 0.3) is 10.9 Å². The number of rotatable bonds is 5. The quantitative estimate of drug-likeness (QED) is 0.891. The van der Waals surface area contributed by atoms with E-state index in [2.05, 4.69) is 4.98 Å². The summed E-state index contributed by atoms with van der Waals surface area (Å²) in [6.45, 7) is 1.10. The molecule has 2 aromatic rings. The van der Waals surface area contributed by atoms with Crippen LogP contribution in [0.4, 0.5) is 5.82 Å². The van der Waals surface area contributed by atoms with Gasteiger partial charge in [-0.3, -0.25) is 0 Å². The average molecular weight is 260 g/mol. The molecular formula is C14H16N2O3. The minimum Gasteiger partial charge on any atom is -0.478 e. The molecule has 1 aromatic carbocycles. The summed E-state index contributed by atoms with van der Waals surface area (Å²) in [5, 5.41) is 10.1. The summed E-state index contributed by atoms with van der Waals surface area (Å²) in [5.74, 6) is -0.513. The molecule has 0 aliphatic rings. The van der Waals surface area contributed by atoms with Crippen LogP contribution < -0.4 is 4.90 Å². The molecule has 0 spiro atoms. The van der Waals surface area contributed by atoms with Gasteiger partial charge in [-0.1, -0.05) is 18.2 Å². The molecule has 0 fully saturated rings. The summed E-state index contributed by atoms with van der Waals surface area (Å²) in [4.78, 5) is 17.6. The standard InChI is InChI=1S/C14H16N2O3/c1-16(7-8-19-2)13-11(14(17)18)9-10-5-3-4-6-12(10)15-13/h3-6,9H,7-8H2,1-2H3,(H,17,18). The van der Waals surface area contributed by atoms with Gasteiger partial charge in [-0.2, -0.15) is 0 Å². The molecule has 0 atom stereocenters. The number of methoxy groups -OCH3 is 1. The Labute approximate surface area is 111 Å². The second-order valence-corrected chi connectivity index (χ2v) is 4.27. The highest BCUT2D eigenvalue weighted by molar-refractivity contribution is 5.98. The first-order valence-corrected chi connectivity index (χ1v) is 5.96. The summed E-state index contributed by atoms with van der Waals surface area (Å²) in [7, 11) is 3.42. The number of aromatic nitrogens is 1. The molecular weight excluding hydrogens is 244 g/mol. The number of hydrogen-bond acceptors (Lipinski definition) is 4. The van der Waals surface area contributed by atoms with Crippen LogP contribution in [0.2, 0.25) is 0 Å². The summed E-state index contributed by atoms with van der Waals surface area (Å²) in [6.07, 6.45) is 0. The minimum atomic E-state index is -0.975. The van der Waals surface area contributed by atoms with Gasteiger partial charge >= 0.3 is 5.97 Å². The number of pyridine rings is 1. The molecule has 0 aliphatic carbocycles. The molecule has 5 heteroatoms. The first kappa shape index (κ1) is 13.3. The van der Waals surface area contributed by atoms with Gasteiger partial charge in [0.1, 0.15) is 11.4 Å². The molecule has 0 radical (unpaired) electrons. The molecule has 0 aliphatic heterocycles. The third-order valence-corrected chi connectivity index (χ3v) is 2.93. The highest BCUT2D eigenvalue weighted by Crippen LogP contribution is 2.22. The summed E-state index contributed by atoms with van der Waals surface area (Å²) in [6, 6.07) is 9.13. The maximum Gasteiger partial charge on any atom is 0.339 e. The Kier molecular flexibility index (Phi) is 3.97. The van der Waals surface area contributed by atoms with Crippen molar-refractivity contribution in [2.45, 2.75) is 0 Å². The van der Waals surface area contributed by atoms with Crippen molar-refractivity contribution in [2.75, 3.05) is 32.2 Å². The lowest BCUT2D eigenvalue weighted by atomic mass is 10.1. The molecule has 100 valence electrons. The van der Waals surface area contributed by atoms with E-state index in [0.717, 1.165) is 10.9 Å². The van der Waals surface area contributed by atoms with Gasteiger partial charge in [-0.15, -0.1) is 0 Å². The molecule has 1 N–H and O–H groups in total. The smallest absolute Gasteiger partial charge is 0.339 e. The fourth-order valence-corrected chi connectivity index (χ4v) is 1.89. The number of aromatic carboxylic acids is 1. The number of para-hydroxylation sites is 1. The lowest BCUT2D eigenvalue weighted by molar-refractivity contribution is 0.0697. The molecule has 1 heterocycles. The van der Waals surface area contributed by atoms with E-state index in [0.29, 0.717) is 19.0 Å². The fraction of sp³-hybridized carbons (Fsp3) is 0.286. The fourth-order valence-electron chi connectivity index (χ4n) is 1.89. The van der Waals surface area contributed by atoms with Gasteiger partial charge in [-0.25, -0.2) is 9.78 Å². The Bertz CT molecular complexity index is 598. The number of fused-ring (bicyclic) bond motifs is 1. The van der Waals surface area contributed by atoms with Crippen LogP contribution in [0.1, 0.15) is 10.4 Å². The number of hydrogen-bond donors (Lipinski definition) is 1. The van der Waals surface area contributed by atoms with E-state index in [1.165, 1.54) is 0 Å². The lowest BCUT2D eigenvalue weighted by Gasteiger charge is -2.20. The Balaban J connectivity index is 2.50. The van der Waals surface area contributed by atoms with Gasteiger partial charge in [0, 0.05) is 26.1 Å². The van der Waals surface area contributed by atoms with Crippen molar-refractivity contribution in [2.24, 2.45) is 0 Å². The first-order valence-electron chi connectivity index (χ1n) is 5.96. The van der Waals surface area contributed by atoms with Gasteiger partial charge in [0.2, 0.25) is 0 Å². The molecule has 5 nitrogen and oxygen atoms in total. The lowest BCUT2D eigenvalue weighted by Crippen LogP contribution is -2.25. The Morgan fingerprint density at radius 1 is 1.42 bits per heavy atom. The number of benzene rings is 1. The highest BCUT2D eigenvalue weighted by atomic mass is 16.5. The summed E-state index contributed by atoms with van der Waals surface area (Å²) < 4.78 is 5.00. The molecule has 1 aromatic heterocycles. The van der Waals surface area contributed by atoms with Gasteiger partial charge in [0.15, 0.2) is 0 Å². The first-order chi connectivity index (χ1) is 9.13. The monoisotopic (exact) mass is 260 g/mol. The number of anilines is 1. The van der Waals surface area contributed by atoms with Crippen LogP contribution in [0, 0.1) is 0 Å². The van der Waals surface area contributed by atoms with E-state index in [4.69, 9.17) is 4.74 Å². The van der Waals surface area contributed by atoms with Crippen molar-refractivity contribution in [3.05, 3.63) is 35.9 Å². The maximum atomic E-state index is 11.3. The Morgan fingerprint density at radius 3 is 2.84 bits per heavy atom. The molecule has 19 heavy (non-hydrogen) atoms. The van der Waals surface area contributed by atoms with Crippen LogP contribution in [0.15, 0.2) is 30.3 Å². The molecule has 0 amide bonds. The number of nitrogens with zero attached hydrogens (tertiary/aromatic N) is 2. The zero-order valence-electron chi connectivity index (χ0n) is 11.0. The normalized spacial score (nSPS) is 10.6. The van der Waals surface area contributed by atoms with E-state index in [9.17, 15) is 9.90 Å². The highest BCUT2D eigenvalue weighted by Gasteiger charge is 2.16. The number of carbonyl (C=O) groups is 1. The van der Waals surface area contributed by atoms with E-state index >= 15 is 0 Å². The third kappa shape index (κ3) is 2.82. The zero-order valence-corrected chi connectivity index (χ0v) is 11.0. The number of carboxylic acids is 1. The molecule has 0 saturated heterocycles. The number of ether oxygens (including phenoxy) is 1. The van der Waals surface area contributed by atoms with Gasteiger partial charge in [0.25, 0.3) is 0 Å². The summed E-state index contributed by atoms with van der Waals surface area (Å²) >= 11 is 0. The average Bonchev–Trinajstić information content (AvgIpc) is 2.43. The van der Waals surface area contributed by atoms with E-state index in [1.807, 2.05) is 31.3 Å². The topological polar surface area (TPSA) is 62.7 Å². The molecule has 2 rings (SSSR count). The number of carboxylic acid groups (broad SMARTS) is 1. The predicted molar refractivity (Wildman–Crippen MR) is 73.8 cm³/mol. The maximum absolute atomic E-state index is 11.3. The second kappa shape index (κ2) is 5.67. The van der Waals surface area contributed by atoms with Crippen LogP contribution in [0.5, 0.6) is 0 Å². The molecule has 0 unspecified atom stereocenters. The third-order valence-electron chi connectivity index (χ3n) is 2.93. The van der Waals surface area contributed by atoms with E-state index in [1.54, 1.807) is 18.1 Å². The largest absolute Gasteiger partial charge is 0.478 e. The summed E-state index contributed by atoms with van der Waals surface area (Å²) in [5.41, 5.74) is 0.990. The van der Waals surface area contributed by atoms with Gasteiger partial charge < -0.3 is 14.7 Å². The molecule has 0 bridgehead atoms. The van der Waals surface area contributed by atoms with E-state index in [-0.39, 0.29) is 5.56 Å². The van der Waals surface area contributed by atoms with Crippen LogP contribution in [-0.2, 0) is 4.74 Å². The second-order valence-electron chi connectivity index (χ2n) is 4.27. The SMILES string of the molecule is COCCN(C)c1nc2ccccc2cc1C(=O)O. The number of likely N-dealkylation sites (N-methyl/N-ethyl adjacent to an activating group) is 1. The van der Waals surface area contributed by atoms with E-state index < -0.39 is 5.97 Å². The Morgan fingerprint density at radius 2 is 2.16 bits per heavy atom. The predicted octanol–water partition coefficient (Wildman–Crippen LogP) is 2.02. The van der Waals surface area contributed by atoms with Crippen molar-refractivity contribution in [3.8, 4) is 0 Å². The zero-order chi connectivity index (χ0) is 13.8. The van der Waals surface area contributed by atoms with Crippen LogP contribution in [-0.4, -0.2) is 43.4 Å². The van der Waals surface area contributed by atoms with Crippen molar-refractivity contribution in [1.82, 2.24) is 4.98 Å².